The van der Waals surface area contributed by atoms with E-state index in [9.17, 15) is 4.79 Å². The van der Waals surface area contributed by atoms with Crippen molar-refractivity contribution in [3.05, 3.63) is 65.3 Å². The number of benzene rings is 1. The molecule has 2 N–H and O–H groups in total. The van der Waals surface area contributed by atoms with Gasteiger partial charge in [-0.1, -0.05) is 17.7 Å². The number of amides is 1. The standard InChI is InChI=1S/C19H18ClN5O3/c1-27-16-8-14(17(28-2)7-13(16)20)25-19(26)15-9-18(24-11-23-15)22-10-12-5-3-4-6-21-12/h3-9,11H,10H2,1-2H3,(H,25,26)(H,22,23,24). The summed E-state index contributed by atoms with van der Waals surface area (Å²) in [4.78, 5) is 25.0. The van der Waals surface area contributed by atoms with Gasteiger partial charge < -0.3 is 20.1 Å². The van der Waals surface area contributed by atoms with E-state index in [1.807, 2.05) is 18.2 Å². The SMILES string of the molecule is COc1cc(NC(=O)c2cc(NCc3ccccn3)ncn2)c(OC)cc1Cl. The number of ether oxygens (including phenoxy) is 2. The quantitative estimate of drug-likeness (QED) is 0.628. The zero-order valence-electron chi connectivity index (χ0n) is 15.3. The minimum Gasteiger partial charge on any atom is -0.495 e. The zero-order valence-corrected chi connectivity index (χ0v) is 16.0. The number of aromatic nitrogens is 3. The molecule has 0 bridgehead atoms. The average molecular weight is 400 g/mol. The molecule has 0 atom stereocenters. The number of halogens is 1. The highest BCUT2D eigenvalue weighted by Gasteiger charge is 2.15. The zero-order chi connectivity index (χ0) is 19.9. The van der Waals surface area contributed by atoms with Crippen LogP contribution in [-0.2, 0) is 6.54 Å². The monoisotopic (exact) mass is 399 g/mol. The summed E-state index contributed by atoms with van der Waals surface area (Å²) in [6.07, 6.45) is 3.03. The number of methoxy groups -OCH3 is 2. The first-order chi connectivity index (χ1) is 13.6. The third-order valence-corrected chi connectivity index (χ3v) is 4.09. The molecule has 3 aromatic rings. The first kappa shape index (κ1) is 19.4. The molecule has 0 aliphatic rings. The van der Waals surface area contributed by atoms with Crippen LogP contribution in [-0.4, -0.2) is 35.1 Å². The molecule has 144 valence electrons. The molecule has 2 aromatic heterocycles. The number of nitrogens with one attached hydrogen (secondary N) is 2. The van der Waals surface area contributed by atoms with E-state index in [2.05, 4.69) is 25.6 Å². The lowest BCUT2D eigenvalue weighted by atomic mass is 10.2. The number of carbonyl (C=O) groups excluding carboxylic acids is 1. The van der Waals surface area contributed by atoms with Crippen LogP contribution < -0.4 is 20.1 Å². The van der Waals surface area contributed by atoms with Crippen molar-refractivity contribution in [3.63, 3.8) is 0 Å². The minimum atomic E-state index is -0.425. The summed E-state index contributed by atoms with van der Waals surface area (Å²) in [5, 5.41) is 6.24. The number of nitrogens with zero attached hydrogens (tertiary/aromatic N) is 3. The van der Waals surface area contributed by atoms with Gasteiger partial charge in [0, 0.05) is 24.4 Å². The van der Waals surface area contributed by atoms with Gasteiger partial charge in [0.05, 0.1) is 37.2 Å². The van der Waals surface area contributed by atoms with Gasteiger partial charge in [0.15, 0.2) is 0 Å². The molecule has 0 radical (unpaired) electrons. The normalized spacial score (nSPS) is 10.2. The van der Waals surface area contributed by atoms with Gasteiger partial charge >= 0.3 is 0 Å². The summed E-state index contributed by atoms with van der Waals surface area (Å²) in [5.74, 6) is 0.900. The third kappa shape index (κ3) is 4.66. The number of rotatable bonds is 7. The van der Waals surface area contributed by atoms with E-state index < -0.39 is 5.91 Å². The topological polar surface area (TPSA) is 98.3 Å². The molecule has 0 saturated heterocycles. The van der Waals surface area contributed by atoms with Gasteiger partial charge in [-0.05, 0) is 12.1 Å². The smallest absolute Gasteiger partial charge is 0.274 e. The van der Waals surface area contributed by atoms with Crippen molar-refractivity contribution in [2.75, 3.05) is 24.9 Å². The van der Waals surface area contributed by atoms with Crippen LogP contribution in [0, 0.1) is 0 Å². The van der Waals surface area contributed by atoms with Gasteiger partial charge in [-0.3, -0.25) is 9.78 Å². The highest BCUT2D eigenvalue weighted by molar-refractivity contribution is 6.32. The lowest BCUT2D eigenvalue weighted by Gasteiger charge is -2.13. The van der Waals surface area contributed by atoms with Crippen LogP contribution >= 0.6 is 11.6 Å². The fourth-order valence-corrected chi connectivity index (χ4v) is 2.64. The lowest BCUT2D eigenvalue weighted by molar-refractivity contribution is 0.102. The summed E-state index contributed by atoms with van der Waals surface area (Å²) >= 11 is 6.09. The molecule has 1 amide bonds. The van der Waals surface area contributed by atoms with Gasteiger partial charge in [-0.2, -0.15) is 0 Å². The number of anilines is 2. The van der Waals surface area contributed by atoms with E-state index >= 15 is 0 Å². The summed E-state index contributed by atoms with van der Waals surface area (Å²) in [6.45, 7) is 0.473. The van der Waals surface area contributed by atoms with Crippen LogP contribution in [0.4, 0.5) is 11.5 Å². The second-order valence-electron chi connectivity index (χ2n) is 5.60. The maximum atomic E-state index is 12.6. The molecule has 28 heavy (non-hydrogen) atoms. The van der Waals surface area contributed by atoms with E-state index in [0.717, 1.165) is 5.69 Å². The molecule has 0 aliphatic carbocycles. The van der Waals surface area contributed by atoms with Crippen LogP contribution in [0.25, 0.3) is 0 Å². The van der Waals surface area contributed by atoms with Gasteiger partial charge in [0.25, 0.3) is 5.91 Å². The molecule has 1 aromatic carbocycles. The van der Waals surface area contributed by atoms with Crippen LogP contribution in [0.2, 0.25) is 5.02 Å². The molecule has 3 rings (SSSR count). The number of pyridine rings is 1. The average Bonchev–Trinajstić information content (AvgIpc) is 2.74. The minimum absolute atomic E-state index is 0.189. The molecule has 0 unspecified atom stereocenters. The fourth-order valence-electron chi connectivity index (χ4n) is 2.41. The molecule has 0 spiro atoms. The molecular weight excluding hydrogens is 382 g/mol. The Labute approximate surface area is 166 Å². The van der Waals surface area contributed by atoms with Crippen molar-refractivity contribution < 1.29 is 14.3 Å². The highest BCUT2D eigenvalue weighted by Crippen LogP contribution is 2.36. The Morgan fingerprint density at radius 2 is 1.89 bits per heavy atom. The third-order valence-electron chi connectivity index (χ3n) is 3.80. The van der Waals surface area contributed by atoms with Crippen molar-refractivity contribution in [3.8, 4) is 11.5 Å². The number of hydrogen-bond donors (Lipinski definition) is 2. The van der Waals surface area contributed by atoms with Crippen LogP contribution in [0.3, 0.4) is 0 Å². The fraction of sp³-hybridized carbons (Fsp3) is 0.158. The molecule has 0 saturated carbocycles. The largest absolute Gasteiger partial charge is 0.495 e. The number of carbonyl (C=O) groups is 1. The summed E-state index contributed by atoms with van der Waals surface area (Å²) < 4.78 is 10.5. The summed E-state index contributed by atoms with van der Waals surface area (Å²) in [7, 11) is 2.97. The van der Waals surface area contributed by atoms with Gasteiger partial charge in [-0.15, -0.1) is 0 Å². The predicted molar refractivity (Wildman–Crippen MR) is 106 cm³/mol. The van der Waals surface area contributed by atoms with Crippen LogP contribution in [0.15, 0.2) is 48.9 Å². The predicted octanol–water partition coefficient (Wildman–Crippen LogP) is 3.41. The van der Waals surface area contributed by atoms with Crippen molar-refractivity contribution in [2.24, 2.45) is 0 Å². The van der Waals surface area contributed by atoms with Crippen molar-refractivity contribution in [1.29, 1.82) is 0 Å². The van der Waals surface area contributed by atoms with E-state index in [0.29, 0.717) is 34.6 Å². The van der Waals surface area contributed by atoms with Crippen LogP contribution in [0.5, 0.6) is 11.5 Å². The van der Waals surface area contributed by atoms with E-state index in [4.69, 9.17) is 21.1 Å². The Morgan fingerprint density at radius 3 is 2.61 bits per heavy atom. The summed E-state index contributed by atoms with van der Waals surface area (Å²) in [6, 6.07) is 10.3. The number of hydrogen-bond acceptors (Lipinski definition) is 7. The van der Waals surface area contributed by atoms with Gasteiger partial charge in [0.1, 0.15) is 29.3 Å². The molecule has 2 heterocycles. The first-order valence-electron chi connectivity index (χ1n) is 8.29. The van der Waals surface area contributed by atoms with Crippen molar-refractivity contribution in [2.45, 2.75) is 6.54 Å². The maximum Gasteiger partial charge on any atom is 0.274 e. The van der Waals surface area contributed by atoms with Crippen LogP contribution in [0.1, 0.15) is 16.2 Å². The lowest BCUT2D eigenvalue weighted by Crippen LogP contribution is -2.15. The maximum absolute atomic E-state index is 12.6. The highest BCUT2D eigenvalue weighted by atomic mass is 35.5. The Morgan fingerprint density at radius 1 is 1.07 bits per heavy atom. The Balaban J connectivity index is 1.74. The Hall–Kier alpha value is -3.39. The second-order valence-corrected chi connectivity index (χ2v) is 6.01. The Bertz CT molecular complexity index is 969. The van der Waals surface area contributed by atoms with Gasteiger partial charge in [-0.25, -0.2) is 9.97 Å². The van der Waals surface area contributed by atoms with Crippen molar-refractivity contribution in [1.82, 2.24) is 15.0 Å². The Kier molecular flexibility index (Phi) is 6.23. The van der Waals surface area contributed by atoms with Crippen molar-refractivity contribution >= 4 is 29.0 Å². The second kappa shape index (κ2) is 9.01. The first-order valence-corrected chi connectivity index (χ1v) is 8.67. The van der Waals surface area contributed by atoms with E-state index in [1.54, 1.807) is 24.4 Å². The molecule has 9 heteroatoms. The van der Waals surface area contributed by atoms with E-state index in [1.165, 1.54) is 20.5 Å². The van der Waals surface area contributed by atoms with Gasteiger partial charge in [0.2, 0.25) is 0 Å². The summed E-state index contributed by atoms with van der Waals surface area (Å²) in [5.41, 5.74) is 1.45. The molecule has 0 fully saturated rings. The molecular formula is C19H18ClN5O3. The molecule has 0 aliphatic heterocycles. The van der Waals surface area contributed by atoms with E-state index in [-0.39, 0.29) is 5.69 Å². The molecule has 8 nitrogen and oxygen atoms in total.